The largest absolute Gasteiger partial charge is 0.546 e. The molecule has 0 radical (unpaired) electrons. The number of methoxy groups -OCH3 is 1. The van der Waals surface area contributed by atoms with Crippen molar-refractivity contribution in [2.24, 2.45) is 0 Å². The molecule has 1 aliphatic rings. The number of nitrogens with one attached hydrogen (secondary N) is 1. The van der Waals surface area contributed by atoms with Crippen molar-refractivity contribution in [2.75, 3.05) is 12.0 Å². The van der Waals surface area contributed by atoms with Crippen LogP contribution in [0.4, 0.5) is 10.5 Å². The number of nitrogens with zero attached hydrogens (tertiary/aromatic N) is 1. The third kappa shape index (κ3) is 4.31. The molecule has 2 aromatic rings. The number of imide groups is 2. The highest BCUT2D eigenvalue weighted by atomic mass is 16.5. The topological polar surface area (TPSA) is 125 Å². The summed E-state index contributed by atoms with van der Waals surface area (Å²) < 4.78 is 10.5. The fourth-order valence-electron chi connectivity index (χ4n) is 3.13. The summed E-state index contributed by atoms with van der Waals surface area (Å²) >= 11 is 0. The number of urea groups is 1. The molecule has 0 bridgehead atoms. The van der Waals surface area contributed by atoms with E-state index < -0.39 is 29.9 Å². The first-order valence-electron chi connectivity index (χ1n) is 9.67. The highest BCUT2D eigenvalue weighted by Gasteiger charge is 2.37. The summed E-state index contributed by atoms with van der Waals surface area (Å²) in [5.74, 6) is -2.64. The zero-order chi connectivity index (χ0) is 23.6. The molecule has 3 rings (SSSR count). The van der Waals surface area contributed by atoms with Crippen LogP contribution in [0.15, 0.2) is 42.0 Å². The number of rotatable bonds is 6. The van der Waals surface area contributed by atoms with Crippen LogP contribution in [0.25, 0.3) is 6.08 Å². The number of carboxylic acids is 1. The molecule has 9 heteroatoms. The number of carbonyl (C=O) groups is 4. The number of carboxylic acid groups (broad SMARTS) is 1. The molecular formula is C23H21N2O7-. The lowest BCUT2D eigenvalue weighted by atomic mass is 10.0. The predicted octanol–water partition coefficient (Wildman–Crippen LogP) is 1.50. The molecule has 1 saturated heterocycles. The molecule has 0 aromatic heterocycles. The number of hydrogen-bond donors (Lipinski definition) is 1. The van der Waals surface area contributed by atoms with Gasteiger partial charge in [-0.25, -0.2) is 9.69 Å². The minimum atomic E-state index is -1.39. The minimum Gasteiger partial charge on any atom is -0.546 e. The van der Waals surface area contributed by atoms with Gasteiger partial charge in [-0.2, -0.15) is 0 Å². The van der Waals surface area contributed by atoms with Gasteiger partial charge in [0.05, 0.1) is 18.8 Å². The van der Waals surface area contributed by atoms with E-state index in [1.807, 2.05) is 13.0 Å². The zero-order valence-electron chi connectivity index (χ0n) is 17.9. The lowest BCUT2D eigenvalue weighted by Crippen LogP contribution is -2.54. The molecule has 9 nitrogen and oxygen atoms in total. The molecule has 1 heterocycles. The first-order chi connectivity index (χ1) is 15.1. The average molecular weight is 437 g/mol. The molecule has 0 unspecified atom stereocenters. The Hall–Kier alpha value is -4.14. The Kier molecular flexibility index (Phi) is 6.29. The molecule has 1 aliphatic heterocycles. The normalized spacial score (nSPS) is 16.1. The molecule has 2 aromatic carbocycles. The van der Waals surface area contributed by atoms with Crippen LogP contribution in [0.2, 0.25) is 0 Å². The smallest absolute Gasteiger partial charge is 0.335 e. The Morgan fingerprint density at radius 3 is 2.50 bits per heavy atom. The second-order valence-corrected chi connectivity index (χ2v) is 7.17. The third-order valence-corrected chi connectivity index (χ3v) is 5.05. The number of benzene rings is 2. The monoisotopic (exact) mass is 437 g/mol. The molecule has 166 valence electrons. The van der Waals surface area contributed by atoms with Crippen LogP contribution in [0.1, 0.15) is 23.6 Å². The lowest BCUT2D eigenvalue weighted by Gasteiger charge is -2.28. The number of anilines is 1. The first kappa shape index (κ1) is 22.5. The van der Waals surface area contributed by atoms with Crippen LogP contribution in [0.3, 0.4) is 0 Å². The number of amides is 4. The summed E-state index contributed by atoms with van der Waals surface area (Å²) in [4.78, 5) is 49.8. The van der Waals surface area contributed by atoms with E-state index in [1.165, 1.54) is 38.3 Å². The van der Waals surface area contributed by atoms with E-state index in [2.05, 4.69) is 5.32 Å². The molecule has 1 N–H and O–H groups in total. The zero-order valence-corrected chi connectivity index (χ0v) is 17.9. The van der Waals surface area contributed by atoms with Crippen molar-refractivity contribution in [1.29, 1.82) is 0 Å². The SMILES string of the molecule is COc1cc(/C=C2/C(=O)NC(=O)N(c3cccc(C)c3C)C2=O)ccc1O[C@@H](C)C(=O)[O-]. The summed E-state index contributed by atoms with van der Waals surface area (Å²) in [7, 11) is 1.36. The number of barbiturate groups is 1. The molecular weight excluding hydrogens is 416 g/mol. The quantitative estimate of drug-likeness (QED) is 0.536. The van der Waals surface area contributed by atoms with Crippen molar-refractivity contribution in [2.45, 2.75) is 26.9 Å². The Labute approximate surface area is 184 Å². The van der Waals surface area contributed by atoms with E-state index in [0.29, 0.717) is 11.3 Å². The summed E-state index contributed by atoms with van der Waals surface area (Å²) in [5, 5.41) is 13.1. The van der Waals surface area contributed by atoms with Gasteiger partial charge in [-0.1, -0.05) is 18.2 Å². The van der Waals surface area contributed by atoms with E-state index in [1.54, 1.807) is 19.1 Å². The Morgan fingerprint density at radius 2 is 1.84 bits per heavy atom. The highest BCUT2D eigenvalue weighted by Crippen LogP contribution is 2.31. The van der Waals surface area contributed by atoms with Gasteiger partial charge in [-0.05, 0) is 61.7 Å². The maximum absolute atomic E-state index is 13.1. The fourth-order valence-corrected chi connectivity index (χ4v) is 3.13. The molecule has 0 aliphatic carbocycles. The van der Waals surface area contributed by atoms with Gasteiger partial charge < -0.3 is 19.4 Å². The second kappa shape index (κ2) is 8.93. The standard InChI is InChI=1S/C23H22N2O7/c1-12-6-5-7-17(13(12)2)25-21(27)16(20(26)24-23(25)30)10-15-8-9-18(19(11-15)31-4)32-14(3)22(28)29/h5-11,14H,1-4H3,(H,28,29)(H,24,26,30)/p-1/b16-10-/t14-/m0/s1. The fraction of sp³-hybridized carbons (Fsp3) is 0.217. The van der Waals surface area contributed by atoms with Gasteiger partial charge in [-0.15, -0.1) is 0 Å². The Bertz CT molecular complexity index is 1150. The van der Waals surface area contributed by atoms with Crippen molar-refractivity contribution in [3.05, 3.63) is 58.7 Å². The number of hydrogen-bond acceptors (Lipinski definition) is 7. The maximum Gasteiger partial charge on any atom is 0.335 e. The predicted molar refractivity (Wildman–Crippen MR) is 113 cm³/mol. The van der Waals surface area contributed by atoms with Crippen molar-refractivity contribution in [3.8, 4) is 11.5 Å². The van der Waals surface area contributed by atoms with Crippen LogP contribution >= 0.6 is 0 Å². The van der Waals surface area contributed by atoms with E-state index in [0.717, 1.165) is 16.0 Å². The summed E-state index contributed by atoms with van der Waals surface area (Å²) in [5.41, 5.74) is 2.16. The molecule has 4 amide bonds. The van der Waals surface area contributed by atoms with Crippen LogP contribution in [0, 0.1) is 13.8 Å². The van der Waals surface area contributed by atoms with E-state index in [9.17, 15) is 24.3 Å². The Balaban J connectivity index is 1.99. The van der Waals surface area contributed by atoms with Gasteiger partial charge in [0.25, 0.3) is 11.8 Å². The summed E-state index contributed by atoms with van der Waals surface area (Å²) in [6, 6.07) is 8.81. The van der Waals surface area contributed by atoms with Crippen LogP contribution in [-0.4, -0.2) is 37.0 Å². The summed E-state index contributed by atoms with van der Waals surface area (Å²) in [6.07, 6.45) is 0.104. The molecule has 32 heavy (non-hydrogen) atoms. The summed E-state index contributed by atoms with van der Waals surface area (Å²) in [6.45, 7) is 4.95. The molecule has 1 atom stereocenters. The van der Waals surface area contributed by atoms with Crippen LogP contribution < -0.4 is 24.8 Å². The van der Waals surface area contributed by atoms with Gasteiger partial charge in [0.15, 0.2) is 11.5 Å². The average Bonchev–Trinajstić information content (AvgIpc) is 2.74. The van der Waals surface area contributed by atoms with Gasteiger partial charge in [-0.3, -0.25) is 14.9 Å². The number of ether oxygens (including phenoxy) is 2. The minimum absolute atomic E-state index is 0.151. The van der Waals surface area contributed by atoms with Crippen molar-refractivity contribution < 1.29 is 33.8 Å². The number of aliphatic carboxylic acids is 1. The third-order valence-electron chi connectivity index (χ3n) is 5.05. The van der Waals surface area contributed by atoms with E-state index >= 15 is 0 Å². The maximum atomic E-state index is 13.1. The lowest BCUT2D eigenvalue weighted by molar-refractivity contribution is -0.312. The van der Waals surface area contributed by atoms with Crippen LogP contribution in [0.5, 0.6) is 11.5 Å². The Morgan fingerprint density at radius 1 is 1.12 bits per heavy atom. The highest BCUT2D eigenvalue weighted by molar-refractivity contribution is 6.39. The first-order valence-corrected chi connectivity index (χ1v) is 9.67. The molecule has 0 spiro atoms. The second-order valence-electron chi connectivity index (χ2n) is 7.17. The van der Waals surface area contributed by atoms with Gasteiger partial charge in [0, 0.05) is 0 Å². The van der Waals surface area contributed by atoms with Crippen molar-refractivity contribution in [1.82, 2.24) is 5.32 Å². The molecule has 1 fully saturated rings. The van der Waals surface area contributed by atoms with Gasteiger partial charge in [0.2, 0.25) is 0 Å². The number of aryl methyl sites for hydroxylation is 1. The number of carbonyl (C=O) groups excluding carboxylic acids is 4. The molecule has 0 saturated carbocycles. The van der Waals surface area contributed by atoms with Gasteiger partial charge in [0.1, 0.15) is 11.7 Å². The van der Waals surface area contributed by atoms with Crippen LogP contribution in [-0.2, 0) is 14.4 Å². The van der Waals surface area contributed by atoms with E-state index in [-0.39, 0.29) is 17.1 Å². The van der Waals surface area contributed by atoms with Gasteiger partial charge >= 0.3 is 6.03 Å². The van der Waals surface area contributed by atoms with E-state index in [4.69, 9.17) is 9.47 Å². The van der Waals surface area contributed by atoms with Crippen molar-refractivity contribution >= 4 is 35.6 Å². The van der Waals surface area contributed by atoms with Crippen molar-refractivity contribution in [3.63, 3.8) is 0 Å².